The fraction of sp³-hybridized carbons (Fsp3) is 0.143. The monoisotopic (exact) mass is 414 g/mol. The Morgan fingerprint density at radius 3 is 2.55 bits per heavy atom. The van der Waals surface area contributed by atoms with E-state index < -0.39 is 5.82 Å². The van der Waals surface area contributed by atoms with Crippen molar-refractivity contribution in [2.24, 2.45) is 0 Å². The summed E-state index contributed by atoms with van der Waals surface area (Å²) in [7, 11) is 4.52. The third kappa shape index (κ3) is 4.91. The fourth-order valence-electron chi connectivity index (χ4n) is 2.56. The van der Waals surface area contributed by atoms with Crippen LogP contribution in [0, 0.1) is 5.82 Å². The van der Waals surface area contributed by atoms with Crippen LogP contribution in [0.25, 0.3) is 17.3 Å². The maximum atomic E-state index is 13.9. The molecule has 1 heterocycles. The number of thiazole rings is 1. The van der Waals surface area contributed by atoms with Gasteiger partial charge in [-0.3, -0.25) is 10.1 Å². The molecule has 0 unspecified atom stereocenters. The van der Waals surface area contributed by atoms with Crippen LogP contribution in [-0.2, 0) is 4.79 Å². The zero-order chi connectivity index (χ0) is 20.8. The number of rotatable bonds is 7. The number of aromatic nitrogens is 1. The van der Waals surface area contributed by atoms with Crippen molar-refractivity contribution < 1.29 is 23.4 Å². The molecule has 0 saturated carbocycles. The highest BCUT2D eigenvalue weighted by molar-refractivity contribution is 7.14. The quantitative estimate of drug-likeness (QED) is 0.571. The van der Waals surface area contributed by atoms with Gasteiger partial charge in [0.15, 0.2) is 16.7 Å². The lowest BCUT2D eigenvalue weighted by atomic mass is 10.1. The first-order valence-corrected chi connectivity index (χ1v) is 9.42. The summed E-state index contributed by atoms with van der Waals surface area (Å²) >= 11 is 1.25. The lowest BCUT2D eigenvalue weighted by Gasteiger charge is -2.07. The summed E-state index contributed by atoms with van der Waals surface area (Å²) in [6.07, 6.45) is 3.03. The van der Waals surface area contributed by atoms with E-state index in [1.165, 1.54) is 36.7 Å². The Morgan fingerprint density at radius 1 is 1.07 bits per heavy atom. The van der Waals surface area contributed by atoms with E-state index in [0.717, 1.165) is 5.56 Å². The van der Waals surface area contributed by atoms with Gasteiger partial charge >= 0.3 is 0 Å². The van der Waals surface area contributed by atoms with Crippen LogP contribution < -0.4 is 19.5 Å². The number of carbonyl (C=O) groups is 1. The van der Waals surface area contributed by atoms with Crippen molar-refractivity contribution in [2.75, 3.05) is 26.6 Å². The number of amides is 1. The average molecular weight is 414 g/mol. The SMILES string of the molecule is COc1ccc(/C=C/C(=O)Nc2nc(-c3ccc(OC)c(F)c3)cs2)c(OC)c1. The molecule has 3 aromatic rings. The van der Waals surface area contributed by atoms with Crippen LogP contribution in [0.1, 0.15) is 5.56 Å². The van der Waals surface area contributed by atoms with Crippen molar-refractivity contribution in [3.8, 4) is 28.5 Å². The summed E-state index contributed by atoms with van der Waals surface area (Å²) in [5.41, 5.74) is 1.89. The highest BCUT2D eigenvalue weighted by atomic mass is 32.1. The number of nitrogens with one attached hydrogen (secondary N) is 1. The second-order valence-electron chi connectivity index (χ2n) is 5.82. The zero-order valence-electron chi connectivity index (χ0n) is 16.1. The molecule has 3 rings (SSSR count). The number of benzene rings is 2. The molecule has 0 atom stereocenters. The van der Waals surface area contributed by atoms with Crippen LogP contribution in [-0.4, -0.2) is 32.2 Å². The number of hydrogen-bond acceptors (Lipinski definition) is 6. The zero-order valence-corrected chi connectivity index (χ0v) is 16.9. The maximum absolute atomic E-state index is 13.9. The molecule has 0 bridgehead atoms. The van der Waals surface area contributed by atoms with Crippen LogP contribution in [0.5, 0.6) is 17.2 Å². The van der Waals surface area contributed by atoms with Gasteiger partial charge in [-0.15, -0.1) is 11.3 Å². The van der Waals surface area contributed by atoms with E-state index in [2.05, 4.69) is 10.3 Å². The van der Waals surface area contributed by atoms with Crippen molar-refractivity contribution in [1.82, 2.24) is 4.98 Å². The summed E-state index contributed by atoms with van der Waals surface area (Å²) in [6.45, 7) is 0. The standard InChI is InChI=1S/C21H19FN2O4S/c1-26-15-7-4-13(19(11-15)28-3)6-9-20(25)24-21-23-17(12-29-21)14-5-8-18(27-2)16(22)10-14/h4-12H,1-3H3,(H,23,24,25)/b9-6+. The van der Waals surface area contributed by atoms with Crippen LogP contribution in [0.3, 0.4) is 0 Å². The number of anilines is 1. The number of nitrogens with zero attached hydrogens (tertiary/aromatic N) is 1. The van der Waals surface area contributed by atoms with Gasteiger partial charge in [0.1, 0.15) is 11.5 Å². The second-order valence-corrected chi connectivity index (χ2v) is 6.68. The van der Waals surface area contributed by atoms with Gasteiger partial charge in [-0.05, 0) is 36.4 Å². The van der Waals surface area contributed by atoms with Crippen molar-refractivity contribution in [3.63, 3.8) is 0 Å². The van der Waals surface area contributed by atoms with Gasteiger partial charge < -0.3 is 14.2 Å². The van der Waals surface area contributed by atoms with Crippen LogP contribution >= 0.6 is 11.3 Å². The number of halogens is 1. The van der Waals surface area contributed by atoms with Gasteiger partial charge in [-0.2, -0.15) is 0 Å². The minimum atomic E-state index is -0.472. The predicted molar refractivity (Wildman–Crippen MR) is 111 cm³/mol. The Bertz CT molecular complexity index is 1050. The molecule has 0 aliphatic carbocycles. The first kappa shape index (κ1) is 20.3. The lowest BCUT2D eigenvalue weighted by molar-refractivity contribution is -0.111. The summed E-state index contributed by atoms with van der Waals surface area (Å²) in [4.78, 5) is 16.6. The smallest absolute Gasteiger partial charge is 0.250 e. The molecule has 6 nitrogen and oxygen atoms in total. The van der Waals surface area contributed by atoms with Gasteiger partial charge in [0.25, 0.3) is 0 Å². The fourth-order valence-corrected chi connectivity index (χ4v) is 3.28. The molecule has 0 radical (unpaired) electrons. The Kier molecular flexibility index (Phi) is 6.46. The topological polar surface area (TPSA) is 69.7 Å². The van der Waals surface area contributed by atoms with Crippen molar-refractivity contribution >= 4 is 28.5 Å². The average Bonchev–Trinajstić information content (AvgIpc) is 3.20. The molecular weight excluding hydrogens is 395 g/mol. The Labute approximate surface area is 171 Å². The molecular formula is C21H19FN2O4S. The van der Waals surface area contributed by atoms with Crippen LogP contribution in [0.2, 0.25) is 0 Å². The van der Waals surface area contributed by atoms with Gasteiger partial charge in [0.2, 0.25) is 5.91 Å². The molecule has 0 aliphatic rings. The second kappa shape index (κ2) is 9.20. The van der Waals surface area contributed by atoms with Crippen molar-refractivity contribution in [1.29, 1.82) is 0 Å². The largest absolute Gasteiger partial charge is 0.497 e. The third-order valence-electron chi connectivity index (χ3n) is 4.04. The van der Waals surface area contributed by atoms with E-state index in [-0.39, 0.29) is 11.7 Å². The Morgan fingerprint density at radius 2 is 1.86 bits per heavy atom. The molecule has 1 amide bonds. The minimum Gasteiger partial charge on any atom is -0.497 e. The lowest BCUT2D eigenvalue weighted by Crippen LogP contribution is -2.07. The molecule has 1 aromatic heterocycles. The molecule has 0 spiro atoms. The molecule has 8 heteroatoms. The molecule has 150 valence electrons. The highest BCUT2D eigenvalue weighted by Crippen LogP contribution is 2.29. The van der Waals surface area contributed by atoms with E-state index in [1.807, 2.05) is 0 Å². The van der Waals surface area contributed by atoms with Gasteiger partial charge in [0, 0.05) is 28.6 Å². The van der Waals surface area contributed by atoms with Crippen molar-refractivity contribution in [3.05, 3.63) is 59.2 Å². The molecule has 29 heavy (non-hydrogen) atoms. The van der Waals surface area contributed by atoms with E-state index in [1.54, 1.807) is 49.9 Å². The first-order valence-electron chi connectivity index (χ1n) is 8.54. The van der Waals surface area contributed by atoms with E-state index in [4.69, 9.17) is 14.2 Å². The molecule has 1 N–H and O–H groups in total. The summed E-state index contributed by atoms with van der Waals surface area (Å²) < 4.78 is 29.2. The minimum absolute atomic E-state index is 0.164. The van der Waals surface area contributed by atoms with Crippen molar-refractivity contribution in [2.45, 2.75) is 0 Å². The number of methoxy groups -OCH3 is 3. The number of carbonyl (C=O) groups excluding carboxylic acids is 1. The normalized spacial score (nSPS) is 10.8. The van der Waals surface area contributed by atoms with Gasteiger partial charge in [0.05, 0.1) is 27.0 Å². The van der Waals surface area contributed by atoms with E-state index in [0.29, 0.717) is 27.9 Å². The number of ether oxygens (including phenoxy) is 3. The number of hydrogen-bond donors (Lipinski definition) is 1. The molecule has 0 saturated heterocycles. The Balaban J connectivity index is 1.69. The summed E-state index contributed by atoms with van der Waals surface area (Å²) in [5, 5.41) is 4.85. The van der Waals surface area contributed by atoms with Crippen LogP contribution in [0.15, 0.2) is 47.9 Å². The Hall–Kier alpha value is -3.39. The summed E-state index contributed by atoms with van der Waals surface area (Å²) in [5.74, 6) is 0.599. The van der Waals surface area contributed by atoms with Gasteiger partial charge in [-0.25, -0.2) is 9.37 Å². The van der Waals surface area contributed by atoms with E-state index >= 15 is 0 Å². The first-order chi connectivity index (χ1) is 14.0. The van der Waals surface area contributed by atoms with Crippen LogP contribution in [0.4, 0.5) is 9.52 Å². The molecule has 2 aromatic carbocycles. The third-order valence-corrected chi connectivity index (χ3v) is 4.79. The molecule has 0 fully saturated rings. The highest BCUT2D eigenvalue weighted by Gasteiger charge is 2.10. The maximum Gasteiger partial charge on any atom is 0.250 e. The molecule has 0 aliphatic heterocycles. The van der Waals surface area contributed by atoms with E-state index in [9.17, 15) is 9.18 Å². The van der Waals surface area contributed by atoms with Gasteiger partial charge in [-0.1, -0.05) is 0 Å². The predicted octanol–water partition coefficient (Wildman–Crippen LogP) is 4.63. The summed E-state index contributed by atoms with van der Waals surface area (Å²) in [6, 6.07) is 9.89.